The molecule has 0 saturated heterocycles. The average molecular weight is 179 g/mol. The topological polar surface area (TPSA) is 30.7 Å². The predicted molar refractivity (Wildman–Crippen MR) is 49.0 cm³/mol. The standard InChI is InChI=1S/C8H9N3S/c1-2-11-5-3-7(10-11)8-9-4-6-12-8/h3-6H,2H2,1H3. The number of hydrogen-bond acceptors (Lipinski definition) is 3. The van der Waals surface area contributed by atoms with Crippen molar-refractivity contribution in [1.82, 2.24) is 14.8 Å². The molecule has 2 aromatic rings. The van der Waals surface area contributed by atoms with E-state index in [2.05, 4.69) is 17.0 Å². The van der Waals surface area contributed by atoms with Crippen LogP contribution in [0.4, 0.5) is 0 Å². The van der Waals surface area contributed by atoms with E-state index in [-0.39, 0.29) is 0 Å². The largest absolute Gasteiger partial charge is 0.272 e. The van der Waals surface area contributed by atoms with E-state index < -0.39 is 0 Å². The smallest absolute Gasteiger partial charge is 0.143 e. The summed E-state index contributed by atoms with van der Waals surface area (Å²) in [5.41, 5.74) is 0.965. The van der Waals surface area contributed by atoms with Crippen molar-refractivity contribution < 1.29 is 0 Å². The molecule has 0 radical (unpaired) electrons. The molecule has 0 fully saturated rings. The van der Waals surface area contributed by atoms with Gasteiger partial charge >= 0.3 is 0 Å². The van der Waals surface area contributed by atoms with Crippen molar-refractivity contribution in [3.63, 3.8) is 0 Å². The third kappa shape index (κ3) is 1.25. The summed E-state index contributed by atoms with van der Waals surface area (Å²) in [6.07, 6.45) is 3.77. The lowest BCUT2D eigenvalue weighted by Gasteiger charge is -1.91. The van der Waals surface area contributed by atoms with Gasteiger partial charge in [-0.15, -0.1) is 11.3 Å². The zero-order chi connectivity index (χ0) is 8.39. The van der Waals surface area contributed by atoms with E-state index in [0.717, 1.165) is 17.2 Å². The van der Waals surface area contributed by atoms with E-state index in [4.69, 9.17) is 0 Å². The second kappa shape index (κ2) is 3.06. The maximum atomic E-state index is 4.34. The van der Waals surface area contributed by atoms with Crippen LogP contribution in [0.2, 0.25) is 0 Å². The zero-order valence-electron chi connectivity index (χ0n) is 6.77. The predicted octanol–water partition coefficient (Wildman–Crippen LogP) is 2.03. The maximum Gasteiger partial charge on any atom is 0.143 e. The fraction of sp³-hybridized carbons (Fsp3) is 0.250. The zero-order valence-corrected chi connectivity index (χ0v) is 7.58. The lowest BCUT2D eigenvalue weighted by atomic mass is 10.5. The van der Waals surface area contributed by atoms with Gasteiger partial charge in [-0.2, -0.15) is 5.10 Å². The molecule has 62 valence electrons. The first-order valence-electron chi connectivity index (χ1n) is 3.83. The van der Waals surface area contributed by atoms with Crippen molar-refractivity contribution in [2.45, 2.75) is 13.5 Å². The van der Waals surface area contributed by atoms with E-state index >= 15 is 0 Å². The molecule has 0 N–H and O–H groups in total. The van der Waals surface area contributed by atoms with E-state index in [1.165, 1.54) is 0 Å². The summed E-state index contributed by atoms with van der Waals surface area (Å²) in [5.74, 6) is 0. The van der Waals surface area contributed by atoms with E-state index in [1.807, 2.05) is 22.3 Å². The lowest BCUT2D eigenvalue weighted by molar-refractivity contribution is 0.662. The second-order valence-electron chi connectivity index (χ2n) is 2.39. The Labute approximate surface area is 74.7 Å². The summed E-state index contributed by atoms with van der Waals surface area (Å²) < 4.78 is 1.90. The highest BCUT2D eigenvalue weighted by atomic mass is 32.1. The van der Waals surface area contributed by atoms with Gasteiger partial charge < -0.3 is 0 Å². The highest BCUT2D eigenvalue weighted by Gasteiger charge is 2.02. The minimum atomic E-state index is 0.908. The Balaban J connectivity index is 2.35. The molecule has 2 heterocycles. The average Bonchev–Trinajstić information content (AvgIpc) is 2.75. The summed E-state index contributed by atoms with van der Waals surface area (Å²) in [5, 5.41) is 7.28. The summed E-state index contributed by atoms with van der Waals surface area (Å²) in [4.78, 5) is 4.18. The molecular weight excluding hydrogens is 170 g/mol. The van der Waals surface area contributed by atoms with Crippen LogP contribution >= 0.6 is 11.3 Å². The van der Waals surface area contributed by atoms with Crippen LogP contribution in [-0.4, -0.2) is 14.8 Å². The van der Waals surface area contributed by atoms with Crippen LogP contribution in [0.25, 0.3) is 10.7 Å². The van der Waals surface area contributed by atoms with Crippen LogP contribution in [0.3, 0.4) is 0 Å². The Hall–Kier alpha value is -1.16. The molecule has 0 atom stereocenters. The summed E-state index contributed by atoms with van der Waals surface area (Å²) >= 11 is 1.61. The number of nitrogens with zero attached hydrogens (tertiary/aromatic N) is 3. The first kappa shape index (κ1) is 7.49. The molecule has 2 rings (SSSR count). The minimum absolute atomic E-state index is 0.908. The molecule has 0 saturated carbocycles. The second-order valence-corrected chi connectivity index (χ2v) is 3.29. The fourth-order valence-corrected chi connectivity index (χ4v) is 1.60. The molecule has 0 spiro atoms. The maximum absolute atomic E-state index is 4.34. The molecule has 4 heteroatoms. The third-order valence-corrected chi connectivity index (χ3v) is 2.41. The third-order valence-electron chi connectivity index (χ3n) is 1.62. The summed E-state index contributed by atoms with van der Waals surface area (Å²) in [7, 11) is 0. The molecular formula is C8H9N3S. The molecule has 12 heavy (non-hydrogen) atoms. The Morgan fingerprint density at radius 3 is 3.08 bits per heavy atom. The van der Waals surface area contributed by atoms with Crippen molar-refractivity contribution in [3.8, 4) is 10.7 Å². The minimum Gasteiger partial charge on any atom is -0.272 e. The quantitative estimate of drug-likeness (QED) is 0.706. The van der Waals surface area contributed by atoms with Gasteiger partial charge in [0.2, 0.25) is 0 Å². The molecule has 0 unspecified atom stereocenters. The van der Waals surface area contributed by atoms with Gasteiger partial charge in [0.15, 0.2) is 0 Å². The summed E-state index contributed by atoms with van der Waals surface area (Å²) in [6, 6.07) is 1.99. The van der Waals surface area contributed by atoms with Gasteiger partial charge in [-0.3, -0.25) is 4.68 Å². The van der Waals surface area contributed by atoms with Gasteiger partial charge in [-0.1, -0.05) is 0 Å². The van der Waals surface area contributed by atoms with Gasteiger partial charge in [-0.05, 0) is 13.0 Å². The van der Waals surface area contributed by atoms with Gasteiger partial charge in [-0.25, -0.2) is 4.98 Å². The van der Waals surface area contributed by atoms with Gasteiger partial charge in [0.05, 0.1) is 0 Å². The molecule has 0 aliphatic rings. The fourth-order valence-electron chi connectivity index (χ4n) is 1.00. The highest BCUT2D eigenvalue weighted by molar-refractivity contribution is 7.13. The van der Waals surface area contributed by atoms with Crippen LogP contribution in [0.5, 0.6) is 0 Å². The van der Waals surface area contributed by atoms with Crippen molar-refractivity contribution in [1.29, 1.82) is 0 Å². The normalized spacial score (nSPS) is 10.4. The lowest BCUT2D eigenvalue weighted by Crippen LogP contribution is -1.93. The van der Waals surface area contributed by atoms with Crippen molar-refractivity contribution >= 4 is 11.3 Å². The van der Waals surface area contributed by atoms with E-state index in [0.29, 0.717) is 0 Å². The van der Waals surface area contributed by atoms with Gasteiger partial charge in [0, 0.05) is 24.3 Å². The first-order valence-corrected chi connectivity index (χ1v) is 4.71. The SMILES string of the molecule is CCn1ccc(-c2nccs2)n1. The van der Waals surface area contributed by atoms with Gasteiger partial charge in [0.25, 0.3) is 0 Å². The first-order chi connectivity index (χ1) is 5.90. The molecule has 0 amide bonds. The number of aryl methyl sites for hydroxylation is 1. The highest BCUT2D eigenvalue weighted by Crippen LogP contribution is 2.18. The van der Waals surface area contributed by atoms with E-state index in [1.54, 1.807) is 17.5 Å². The Morgan fingerprint density at radius 1 is 1.58 bits per heavy atom. The van der Waals surface area contributed by atoms with Crippen LogP contribution < -0.4 is 0 Å². The molecule has 0 aromatic carbocycles. The van der Waals surface area contributed by atoms with Crippen LogP contribution in [0.1, 0.15) is 6.92 Å². The van der Waals surface area contributed by atoms with E-state index in [9.17, 15) is 0 Å². The Kier molecular flexibility index (Phi) is 1.91. The summed E-state index contributed by atoms with van der Waals surface area (Å²) in [6.45, 7) is 2.98. The molecule has 3 nitrogen and oxygen atoms in total. The van der Waals surface area contributed by atoms with Crippen molar-refractivity contribution in [3.05, 3.63) is 23.8 Å². The molecule has 0 bridgehead atoms. The number of aromatic nitrogens is 3. The molecule has 0 aliphatic carbocycles. The monoisotopic (exact) mass is 179 g/mol. The van der Waals surface area contributed by atoms with Crippen molar-refractivity contribution in [2.24, 2.45) is 0 Å². The van der Waals surface area contributed by atoms with Crippen LogP contribution in [0.15, 0.2) is 23.8 Å². The van der Waals surface area contributed by atoms with Crippen molar-refractivity contribution in [2.75, 3.05) is 0 Å². The van der Waals surface area contributed by atoms with Crippen LogP contribution in [0, 0.1) is 0 Å². The molecule has 0 aliphatic heterocycles. The number of hydrogen-bond donors (Lipinski definition) is 0. The Bertz CT molecular complexity index is 350. The number of thiazole rings is 1. The van der Waals surface area contributed by atoms with Gasteiger partial charge in [0.1, 0.15) is 10.7 Å². The van der Waals surface area contributed by atoms with Crippen LogP contribution in [-0.2, 0) is 6.54 Å². The molecule has 2 aromatic heterocycles. The number of rotatable bonds is 2. The Morgan fingerprint density at radius 2 is 2.50 bits per heavy atom.